The van der Waals surface area contributed by atoms with Gasteiger partial charge in [0.1, 0.15) is 0 Å². The quantitative estimate of drug-likeness (QED) is 0.904. The highest BCUT2D eigenvalue weighted by Gasteiger charge is 2.35. The number of carbonyl (C=O) groups excluding carboxylic acids is 1. The fourth-order valence-electron chi connectivity index (χ4n) is 2.75. The van der Waals surface area contributed by atoms with Gasteiger partial charge in [-0.25, -0.2) is 0 Å². The van der Waals surface area contributed by atoms with Crippen LogP contribution in [0, 0.1) is 0 Å². The van der Waals surface area contributed by atoms with Crippen LogP contribution in [0.3, 0.4) is 0 Å². The summed E-state index contributed by atoms with van der Waals surface area (Å²) in [7, 11) is 1.91. The van der Waals surface area contributed by atoms with Crippen LogP contribution in [0.5, 0.6) is 0 Å². The Labute approximate surface area is 118 Å². The molecule has 0 spiro atoms. The van der Waals surface area contributed by atoms with Gasteiger partial charge >= 0.3 is 5.97 Å². The van der Waals surface area contributed by atoms with Crippen LogP contribution >= 0.6 is 0 Å². The number of hydrogen-bond acceptors (Lipinski definition) is 3. The zero-order valence-electron chi connectivity index (χ0n) is 11.8. The molecule has 1 amide bonds. The number of nitrogens with zero attached hydrogens (tertiary/aromatic N) is 2. The van der Waals surface area contributed by atoms with E-state index >= 15 is 0 Å². The van der Waals surface area contributed by atoms with Crippen molar-refractivity contribution < 1.29 is 14.7 Å². The van der Waals surface area contributed by atoms with Gasteiger partial charge in [-0.15, -0.1) is 0 Å². The molecule has 1 aliphatic rings. The molecule has 0 aromatic heterocycles. The number of likely N-dealkylation sites (N-methyl/N-ethyl adjacent to an activating group) is 1. The highest BCUT2D eigenvalue weighted by molar-refractivity contribution is 5.94. The lowest BCUT2D eigenvalue weighted by Gasteiger charge is -2.44. The molecule has 1 aromatic rings. The van der Waals surface area contributed by atoms with Crippen molar-refractivity contribution in [1.29, 1.82) is 0 Å². The number of carbonyl (C=O) groups is 2. The van der Waals surface area contributed by atoms with E-state index in [9.17, 15) is 9.59 Å². The fraction of sp³-hybridized carbons (Fsp3) is 0.467. The van der Waals surface area contributed by atoms with Crippen molar-refractivity contribution in [2.75, 3.05) is 20.1 Å². The smallest absolute Gasteiger partial charge is 0.305 e. The topological polar surface area (TPSA) is 60.9 Å². The monoisotopic (exact) mass is 276 g/mol. The Kier molecular flexibility index (Phi) is 4.39. The average Bonchev–Trinajstić information content (AvgIpc) is 2.43. The van der Waals surface area contributed by atoms with Crippen molar-refractivity contribution >= 4 is 11.9 Å². The summed E-state index contributed by atoms with van der Waals surface area (Å²) in [6, 6.07) is 8.87. The Hall–Kier alpha value is -1.88. The molecule has 1 heterocycles. The maximum atomic E-state index is 12.5. The summed E-state index contributed by atoms with van der Waals surface area (Å²) in [6.07, 6.45) is 0.0518. The first kappa shape index (κ1) is 14.5. The summed E-state index contributed by atoms with van der Waals surface area (Å²) in [4.78, 5) is 27.3. The lowest BCUT2D eigenvalue weighted by Crippen LogP contribution is -2.59. The van der Waals surface area contributed by atoms with Crippen LogP contribution in [0.1, 0.15) is 23.7 Å². The van der Waals surface area contributed by atoms with Crippen LogP contribution in [0.2, 0.25) is 0 Å². The predicted molar refractivity (Wildman–Crippen MR) is 75.6 cm³/mol. The number of benzene rings is 1. The van der Waals surface area contributed by atoms with Gasteiger partial charge in [-0.1, -0.05) is 18.2 Å². The number of carboxylic acids is 1. The van der Waals surface area contributed by atoms with E-state index in [-0.39, 0.29) is 24.4 Å². The SMILES string of the molecule is C[C@@H]1[C@@H](CC(=O)O)N(C)CCN1C(=O)c1ccccc1. The van der Waals surface area contributed by atoms with Crippen molar-refractivity contribution in [3.63, 3.8) is 0 Å². The summed E-state index contributed by atoms with van der Waals surface area (Å²) >= 11 is 0. The molecule has 1 aromatic carbocycles. The Morgan fingerprint density at radius 2 is 1.90 bits per heavy atom. The summed E-state index contributed by atoms with van der Waals surface area (Å²) in [5, 5.41) is 9.01. The Bertz CT molecular complexity index is 489. The number of rotatable bonds is 3. The Morgan fingerprint density at radius 1 is 1.25 bits per heavy atom. The van der Waals surface area contributed by atoms with Crippen LogP contribution in [-0.4, -0.2) is 59.0 Å². The third-order valence-corrected chi connectivity index (χ3v) is 3.97. The Balaban J connectivity index is 2.16. The summed E-state index contributed by atoms with van der Waals surface area (Å²) in [6.45, 7) is 3.24. The molecule has 1 aliphatic heterocycles. The fourth-order valence-corrected chi connectivity index (χ4v) is 2.75. The molecule has 0 radical (unpaired) electrons. The molecular formula is C15H20N2O3. The highest BCUT2D eigenvalue weighted by atomic mass is 16.4. The molecule has 5 nitrogen and oxygen atoms in total. The molecule has 1 saturated heterocycles. The zero-order chi connectivity index (χ0) is 14.7. The van der Waals surface area contributed by atoms with E-state index in [1.54, 1.807) is 17.0 Å². The molecule has 108 valence electrons. The van der Waals surface area contributed by atoms with Gasteiger partial charge in [0.25, 0.3) is 5.91 Å². The van der Waals surface area contributed by atoms with Gasteiger partial charge in [-0.2, -0.15) is 0 Å². The second-order valence-corrected chi connectivity index (χ2v) is 5.25. The van der Waals surface area contributed by atoms with Crippen molar-refractivity contribution in [2.24, 2.45) is 0 Å². The number of piperazine rings is 1. The molecule has 2 rings (SSSR count). The summed E-state index contributed by atoms with van der Waals surface area (Å²) in [5.41, 5.74) is 0.651. The van der Waals surface area contributed by atoms with E-state index in [0.717, 1.165) is 0 Å². The molecule has 0 unspecified atom stereocenters. The predicted octanol–water partition coefficient (Wildman–Crippen LogP) is 1.31. The van der Waals surface area contributed by atoms with Crippen LogP contribution in [0.15, 0.2) is 30.3 Å². The molecule has 1 fully saturated rings. The molecule has 1 N–H and O–H groups in total. The van der Waals surface area contributed by atoms with E-state index < -0.39 is 5.97 Å². The van der Waals surface area contributed by atoms with Crippen LogP contribution < -0.4 is 0 Å². The third-order valence-electron chi connectivity index (χ3n) is 3.97. The van der Waals surface area contributed by atoms with Gasteiger partial charge in [-0.3, -0.25) is 14.5 Å². The first-order valence-corrected chi connectivity index (χ1v) is 6.78. The van der Waals surface area contributed by atoms with E-state index in [1.165, 1.54) is 0 Å². The second-order valence-electron chi connectivity index (χ2n) is 5.25. The van der Waals surface area contributed by atoms with Crippen molar-refractivity contribution in [1.82, 2.24) is 9.80 Å². The van der Waals surface area contributed by atoms with Crippen molar-refractivity contribution in [2.45, 2.75) is 25.4 Å². The zero-order valence-corrected chi connectivity index (χ0v) is 11.8. The molecule has 2 atom stereocenters. The van der Waals surface area contributed by atoms with Gasteiger partial charge in [0, 0.05) is 30.7 Å². The van der Waals surface area contributed by atoms with E-state index in [0.29, 0.717) is 18.7 Å². The van der Waals surface area contributed by atoms with Crippen LogP contribution in [-0.2, 0) is 4.79 Å². The first-order valence-electron chi connectivity index (χ1n) is 6.78. The van der Waals surface area contributed by atoms with Gasteiger partial charge in [0.05, 0.1) is 6.42 Å². The van der Waals surface area contributed by atoms with Crippen molar-refractivity contribution in [3.05, 3.63) is 35.9 Å². The van der Waals surface area contributed by atoms with Crippen LogP contribution in [0.4, 0.5) is 0 Å². The molecular weight excluding hydrogens is 256 g/mol. The first-order chi connectivity index (χ1) is 9.50. The largest absolute Gasteiger partial charge is 0.481 e. The van der Waals surface area contributed by atoms with Gasteiger partial charge in [-0.05, 0) is 26.1 Å². The van der Waals surface area contributed by atoms with E-state index in [2.05, 4.69) is 0 Å². The Morgan fingerprint density at radius 3 is 2.50 bits per heavy atom. The summed E-state index contributed by atoms with van der Waals surface area (Å²) < 4.78 is 0. The number of carboxylic acid groups (broad SMARTS) is 1. The van der Waals surface area contributed by atoms with E-state index in [4.69, 9.17) is 5.11 Å². The van der Waals surface area contributed by atoms with Gasteiger partial charge in [0.15, 0.2) is 0 Å². The maximum absolute atomic E-state index is 12.5. The minimum atomic E-state index is -0.831. The molecule has 20 heavy (non-hydrogen) atoms. The maximum Gasteiger partial charge on any atom is 0.305 e. The molecule has 0 saturated carbocycles. The van der Waals surface area contributed by atoms with Gasteiger partial charge < -0.3 is 10.0 Å². The number of hydrogen-bond donors (Lipinski definition) is 1. The molecule has 5 heteroatoms. The minimum Gasteiger partial charge on any atom is -0.481 e. The third kappa shape index (κ3) is 2.99. The minimum absolute atomic E-state index is 0.0263. The molecule has 0 aliphatic carbocycles. The normalized spacial score (nSPS) is 23.6. The lowest BCUT2D eigenvalue weighted by molar-refractivity contribution is -0.139. The average molecular weight is 276 g/mol. The number of aliphatic carboxylic acids is 1. The van der Waals surface area contributed by atoms with E-state index in [1.807, 2.05) is 37.1 Å². The van der Waals surface area contributed by atoms with Gasteiger partial charge in [0.2, 0.25) is 0 Å². The number of amides is 1. The summed E-state index contributed by atoms with van der Waals surface area (Å²) in [5.74, 6) is -0.857. The second kappa shape index (κ2) is 6.05. The standard InChI is InChI=1S/C15H20N2O3/c1-11-13(10-14(18)19)16(2)8-9-17(11)15(20)12-6-4-3-5-7-12/h3-7,11,13H,8-10H2,1-2H3,(H,18,19)/t11-,13-/m1/s1. The lowest BCUT2D eigenvalue weighted by atomic mass is 9.99. The van der Waals surface area contributed by atoms with Crippen molar-refractivity contribution in [3.8, 4) is 0 Å². The highest BCUT2D eigenvalue weighted by Crippen LogP contribution is 2.20. The van der Waals surface area contributed by atoms with Crippen LogP contribution in [0.25, 0.3) is 0 Å². The molecule has 0 bridgehead atoms.